The van der Waals surface area contributed by atoms with Gasteiger partial charge in [-0.3, -0.25) is 9.00 Å². The SMILES string of the molecule is CC(C(=O)O)=C(C)C(=O)NC1CCS(=O)CC1. The van der Waals surface area contributed by atoms with E-state index in [1.807, 2.05) is 0 Å². The Kier molecular flexibility index (Phi) is 4.86. The number of carbonyl (C=O) groups is 2. The minimum absolute atomic E-state index is 0.0109. The van der Waals surface area contributed by atoms with Gasteiger partial charge in [-0.2, -0.15) is 0 Å². The Morgan fingerprint density at radius 1 is 1.18 bits per heavy atom. The van der Waals surface area contributed by atoms with Crippen molar-refractivity contribution in [3.05, 3.63) is 11.1 Å². The third-order valence-electron chi connectivity index (χ3n) is 2.95. The number of amides is 1. The van der Waals surface area contributed by atoms with Crippen molar-refractivity contribution in [3.8, 4) is 0 Å². The van der Waals surface area contributed by atoms with Gasteiger partial charge in [-0.25, -0.2) is 4.79 Å². The van der Waals surface area contributed by atoms with Crippen LogP contribution >= 0.6 is 0 Å². The Labute approximate surface area is 103 Å². The number of hydrogen-bond donors (Lipinski definition) is 2. The summed E-state index contributed by atoms with van der Waals surface area (Å²) in [5, 5.41) is 11.5. The fraction of sp³-hybridized carbons (Fsp3) is 0.636. The van der Waals surface area contributed by atoms with Gasteiger partial charge in [0.05, 0.1) is 0 Å². The number of nitrogens with one attached hydrogen (secondary N) is 1. The summed E-state index contributed by atoms with van der Waals surface area (Å²) < 4.78 is 11.1. The second-order valence-corrected chi connectivity index (χ2v) is 5.85. The van der Waals surface area contributed by atoms with Gasteiger partial charge < -0.3 is 10.4 Å². The minimum atomic E-state index is -1.08. The zero-order chi connectivity index (χ0) is 13.0. The monoisotopic (exact) mass is 259 g/mol. The Bertz CT molecular complexity index is 379. The van der Waals surface area contributed by atoms with E-state index < -0.39 is 16.8 Å². The molecule has 1 saturated heterocycles. The second kappa shape index (κ2) is 5.95. The fourth-order valence-corrected chi connectivity index (χ4v) is 2.86. The topological polar surface area (TPSA) is 83.5 Å². The number of carbonyl (C=O) groups excluding carboxylic acids is 1. The van der Waals surface area contributed by atoms with Gasteiger partial charge >= 0.3 is 5.97 Å². The Hall–Kier alpha value is -1.17. The lowest BCUT2D eigenvalue weighted by Gasteiger charge is -2.22. The predicted molar refractivity (Wildman–Crippen MR) is 65.1 cm³/mol. The molecule has 6 heteroatoms. The van der Waals surface area contributed by atoms with Crippen molar-refractivity contribution < 1.29 is 18.9 Å². The number of carboxylic acids is 1. The molecule has 0 bridgehead atoms. The molecule has 5 nitrogen and oxygen atoms in total. The maximum absolute atomic E-state index is 11.7. The molecule has 1 fully saturated rings. The van der Waals surface area contributed by atoms with Crippen molar-refractivity contribution in [2.45, 2.75) is 32.7 Å². The summed E-state index contributed by atoms with van der Waals surface area (Å²) >= 11 is 0. The smallest absolute Gasteiger partial charge is 0.331 e. The fourth-order valence-electron chi connectivity index (χ4n) is 1.56. The van der Waals surface area contributed by atoms with Crippen molar-refractivity contribution in [3.63, 3.8) is 0 Å². The first-order valence-corrected chi connectivity index (χ1v) is 6.97. The summed E-state index contributed by atoms with van der Waals surface area (Å²) in [5.74, 6) is -0.220. The third-order valence-corrected chi connectivity index (χ3v) is 4.33. The van der Waals surface area contributed by atoms with Crippen LogP contribution in [0.1, 0.15) is 26.7 Å². The standard InChI is InChI=1S/C11H17NO4S/c1-7(8(2)11(14)15)10(13)12-9-3-5-17(16)6-4-9/h9H,3-6H2,1-2H3,(H,12,13)(H,14,15). The molecule has 1 aliphatic rings. The Balaban J connectivity index is 2.58. The molecule has 2 N–H and O–H groups in total. The zero-order valence-electron chi connectivity index (χ0n) is 9.99. The summed E-state index contributed by atoms with van der Waals surface area (Å²) in [6.45, 7) is 2.91. The van der Waals surface area contributed by atoms with Crippen molar-refractivity contribution in [1.29, 1.82) is 0 Å². The first kappa shape index (κ1) is 13.9. The molecule has 0 saturated carbocycles. The molecule has 0 aliphatic carbocycles. The first-order chi connectivity index (χ1) is 7.91. The van der Waals surface area contributed by atoms with Gasteiger partial charge in [-0.15, -0.1) is 0 Å². The average Bonchev–Trinajstić information content (AvgIpc) is 2.30. The molecule has 0 aromatic rings. The number of rotatable bonds is 3. The summed E-state index contributed by atoms with van der Waals surface area (Å²) in [7, 11) is -0.760. The van der Waals surface area contributed by atoms with Gasteiger partial charge in [-0.05, 0) is 26.7 Å². The van der Waals surface area contributed by atoms with E-state index >= 15 is 0 Å². The molecule has 1 aliphatic heterocycles. The van der Waals surface area contributed by atoms with E-state index in [1.54, 1.807) is 0 Å². The second-order valence-electron chi connectivity index (χ2n) is 4.15. The summed E-state index contributed by atoms with van der Waals surface area (Å²) in [6.07, 6.45) is 1.38. The predicted octanol–water partition coefficient (Wildman–Crippen LogP) is 0.435. The van der Waals surface area contributed by atoms with Crippen LogP contribution in [0.5, 0.6) is 0 Å². The van der Waals surface area contributed by atoms with Crippen LogP contribution in [-0.2, 0) is 20.4 Å². The largest absolute Gasteiger partial charge is 0.478 e. The lowest BCUT2D eigenvalue weighted by Crippen LogP contribution is -2.40. The van der Waals surface area contributed by atoms with E-state index in [4.69, 9.17) is 5.11 Å². The molecule has 0 aromatic heterocycles. The maximum atomic E-state index is 11.7. The van der Waals surface area contributed by atoms with Crippen molar-refractivity contribution in [2.75, 3.05) is 11.5 Å². The Morgan fingerprint density at radius 2 is 1.71 bits per heavy atom. The highest BCUT2D eigenvalue weighted by Gasteiger charge is 2.21. The van der Waals surface area contributed by atoms with E-state index in [-0.39, 0.29) is 23.1 Å². The van der Waals surface area contributed by atoms with Gasteiger partial charge in [0.25, 0.3) is 0 Å². The zero-order valence-corrected chi connectivity index (χ0v) is 10.8. The number of aliphatic carboxylic acids is 1. The number of hydrogen-bond acceptors (Lipinski definition) is 3. The molecule has 1 heterocycles. The van der Waals surface area contributed by atoms with Crippen LogP contribution in [0.15, 0.2) is 11.1 Å². The van der Waals surface area contributed by atoms with E-state index in [1.165, 1.54) is 13.8 Å². The molecule has 96 valence electrons. The molecule has 0 aromatic carbocycles. The van der Waals surface area contributed by atoms with Gasteiger partial charge in [0.2, 0.25) is 5.91 Å². The minimum Gasteiger partial charge on any atom is -0.478 e. The van der Waals surface area contributed by atoms with Gasteiger partial charge in [0, 0.05) is 39.5 Å². The van der Waals surface area contributed by atoms with Crippen molar-refractivity contribution in [1.82, 2.24) is 5.32 Å². The van der Waals surface area contributed by atoms with Gasteiger partial charge in [-0.1, -0.05) is 0 Å². The van der Waals surface area contributed by atoms with Crippen LogP contribution in [0, 0.1) is 0 Å². The van der Waals surface area contributed by atoms with Crippen LogP contribution < -0.4 is 5.32 Å². The van der Waals surface area contributed by atoms with Gasteiger partial charge in [0.15, 0.2) is 0 Å². The summed E-state index contributed by atoms with van der Waals surface area (Å²) in [5.41, 5.74) is 0.283. The molecule has 1 amide bonds. The molecule has 0 atom stereocenters. The van der Waals surface area contributed by atoms with Crippen molar-refractivity contribution >= 4 is 22.7 Å². The highest BCUT2D eigenvalue weighted by molar-refractivity contribution is 7.85. The molecular formula is C11H17NO4S. The summed E-state index contributed by atoms with van der Waals surface area (Å²) in [6, 6.07) is 0.0109. The molecular weight excluding hydrogens is 242 g/mol. The van der Waals surface area contributed by atoms with Crippen LogP contribution in [-0.4, -0.2) is 38.7 Å². The highest BCUT2D eigenvalue weighted by Crippen LogP contribution is 2.11. The molecule has 0 radical (unpaired) electrons. The normalized spacial score (nSPS) is 26.0. The van der Waals surface area contributed by atoms with Crippen LogP contribution in [0.25, 0.3) is 0 Å². The lowest BCUT2D eigenvalue weighted by molar-refractivity contribution is -0.133. The third kappa shape index (κ3) is 3.96. The molecule has 0 spiro atoms. The van der Waals surface area contributed by atoms with Crippen LogP contribution in [0.3, 0.4) is 0 Å². The molecule has 17 heavy (non-hydrogen) atoms. The molecule has 0 unspecified atom stereocenters. The van der Waals surface area contributed by atoms with E-state index in [0.717, 1.165) is 0 Å². The maximum Gasteiger partial charge on any atom is 0.331 e. The van der Waals surface area contributed by atoms with Crippen LogP contribution in [0.4, 0.5) is 0 Å². The quantitative estimate of drug-likeness (QED) is 0.720. The van der Waals surface area contributed by atoms with E-state index in [2.05, 4.69) is 5.32 Å². The van der Waals surface area contributed by atoms with Crippen LogP contribution in [0.2, 0.25) is 0 Å². The van der Waals surface area contributed by atoms with E-state index in [0.29, 0.717) is 24.3 Å². The average molecular weight is 259 g/mol. The van der Waals surface area contributed by atoms with Gasteiger partial charge in [0.1, 0.15) is 0 Å². The van der Waals surface area contributed by atoms with E-state index in [9.17, 15) is 13.8 Å². The summed E-state index contributed by atoms with van der Waals surface area (Å²) in [4.78, 5) is 22.4. The number of carboxylic acid groups (broad SMARTS) is 1. The lowest BCUT2D eigenvalue weighted by atomic mass is 10.1. The Morgan fingerprint density at radius 3 is 2.18 bits per heavy atom. The molecule has 1 rings (SSSR count). The first-order valence-electron chi connectivity index (χ1n) is 5.48. The van der Waals surface area contributed by atoms with Crippen molar-refractivity contribution in [2.24, 2.45) is 0 Å². The highest BCUT2D eigenvalue weighted by atomic mass is 32.2.